The Labute approximate surface area is 124 Å². The van der Waals surface area contributed by atoms with Crippen molar-refractivity contribution in [3.05, 3.63) is 52.4 Å². The molecule has 2 heterocycles. The quantitative estimate of drug-likeness (QED) is 0.732. The van der Waals surface area contributed by atoms with Crippen molar-refractivity contribution in [2.75, 3.05) is 7.11 Å². The van der Waals surface area contributed by atoms with E-state index in [1.807, 2.05) is 0 Å². The molecule has 0 radical (unpaired) electrons. The summed E-state index contributed by atoms with van der Waals surface area (Å²) in [6, 6.07) is 5.86. The summed E-state index contributed by atoms with van der Waals surface area (Å²) in [5.41, 5.74) is -0.600. The van der Waals surface area contributed by atoms with Crippen LogP contribution in [0.3, 0.4) is 0 Å². The number of rotatable bonds is 3. The third-order valence-electron chi connectivity index (χ3n) is 2.97. The fourth-order valence-corrected chi connectivity index (χ4v) is 3.82. The maximum atomic E-state index is 12.5. The smallest absolute Gasteiger partial charge is 0.277 e. The van der Waals surface area contributed by atoms with Gasteiger partial charge in [0, 0.05) is 11.6 Å². The van der Waals surface area contributed by atoms with Gasteiger partial charge in [0.2, 0.25) is 9.84 Å². The Morgan fingerprint density at radius 2 is 1.95 bits per heavy atom. The van der Waals surface area contributed by atoms with Crippen LogP contribution in [0.4, 0.5) is 0 Å². The number of hydrogen-bond acceptors (Lipinski definition) is 6. The second-order valence-electron chi connectivity index (χ2n) is 4.16. The third-order valence-corrected chi connectivity index (χ3v) is 5.49. The van der Waals surface area contributed by atoms with Gasteiger partial charge in [-0.1, -0.05) is 0 Å². The minimum atomic E-state index is -3.91. The SMILES string of the molecule is COc1ccc(S(=O)(=O)c2cnc3sccn3c2=O)cc1. The van der Waals surface area contributed by atoms with E-state index >= 15 is 0 Å². The average molecular weight is 322 g/mol. The summed E-state index contributed by atoms with van der Waals surface area (Å²) in [4.78, 5) is 16.4. The van der Waals surface area contributed by atoms with Gasteiger partial charge in [-0.3, -0.25) is 9.20 Å². The molecule has 0 aliphatic rings. The molecule has 6 nitrogen and oxygen atoms in total. The second-order valence-corrected chi connectivity index (χ2v) is 6.95. The van der Waals surface area contributed by atoms with E-state index in [1.54, 1.807) is 5.38 Å². The van der Waals surface area contributed by atoms with Crippen molar-refractivity contribution in [3.8, 4) is 5.75 Å². The summed E-state index contributed by atoms with van der Waals surface area (Å²) in [5.74, 6) is 0.539. The predicted octanol–water partition coefficient (Wildman–Crippen LogP) is 1.60. The Morgan fingerprint density at radius 3 is 2.62 bits per heavy atom. The molecule has 2 aromatic heterocycles. The van der Waals surface area contributed by atoms with Crippen LogP contribution < -0.4 is 10.3 Å². The van der Waals surface area contributed by atoms with Crippen LogP contribution in [0, 0.1) is 0 Å². The molecule has 0 aliphatic carbocycles. The highest BCUT2D eigenvalue weighted by Crippen LogP contribution is 2.21. The number of sulfone groups is 1. The van der Waals surface area contributed by atoms with E-state index in [9.17, 15) is 13.2 Å². The van der Waals surface area contributed by atoms with Crippen LogP contribution in [0.15, 0.2) is 56.6 Å². The number of benzene rings is 1. The van der Waals surface area contributed by atoms with E-state index in [4.69, 9.17) is 4.74 Å². The zero-order valence-corrected chi connectivity index (χ0v) is 12.5. The molecule has 0 fully saturated rings. The first kappa shape index (κ1) is 13.8. The molecule has 3 aromatic rings. The van der Waals surface area contributed by atoms with Crippen molar-refractivity contribution in [3.63, 3.8) is 0 Å². The molecule has 0 amide bonds. The molecule has 0 spiro atoms. The molecule has 108 valence electrons. The summed E-state index contributed by atoms with van der Waals surface area (Å²) in [7, 11) is -2.42. The van der Waals surface area contributed by atoms with Crippen LogP contribution in [-0.2, 0) is 9.84 Å². The van der Waals surface area contributed by atoms with Gasteiger partial charge in [-0.25, -0.2) is 13.4 Å². The number of nitrogens with zero attached hydrogens (tertiary/aromatic N) is 2. The normalized spacial score (nSPS) is 11.7. The van der Waals surface area contributed by atoms with E-state index in [2.05, 4.69) is 4.98 Å². The van der Waals surface area contributed by atoms with Gasteiger partial charge in [0.05, 0.1) is 18.2 Å². The number of fused-ring (bicyclic) bond motifs is 1. The molecule has 3 rings (SSSR count). The molecule has 8 heteroatoms. The van der Waals surface area contributed by atoms with Gasteiger partial charge in [-0.2, -0.15) is 0 Å². The number of thiazole rings is 1. The molecule has 0 unspecified atom stereocenters. The first-order valence-electron chi connectivity index (χ1n) is 5.88. The van der Waals surface area contributed by atoms with Gasteiger partial charge < -0.3 is 4.74 Å². The number of methoxy groups -OCH3 is 1. The summed E-state index contributed by atoms with van der Waals surface area (Å²) in [6.45, 7) is 0. The fourth-order valence-electron chi connectivity index (χ4n) is 1.87. The van der Waals surface area contributed by atoms with Crippen molar-refractivity contribution in [1.82, 2.24) is 9.38 Å². The molecule has 0 bridgehead atoms. The molecule has 1 aromatic carbocycles. The van der Waals surface area contributed by atoms with Crippen LogP contribution in [0.2, 0.25) is 0 Å². The van der Waals surface area contributed by atoms with E-state index in [1.165, 1.54) is 53.3 Å². The monoisotopic (exact) mass is 322 g/mol. The van der Waals surface area contributed by atoms with E-state index in [0.29, 0.717) is 10.7 Å². The number of aromatic nitrogens is 2. The molecular formula is C13H10N2O4S2. The summed E-state index contributed by atoms with van der Waals surface area (Å²) < 4.78 is 31.3. The van der Waals surface area contributed by atoms with Crippen molar-refractivity contribution in [1.29, 1.82) is 0 Å². The molecule has 0 atom stereocenters. The number of ether oxygens (including phenoxy) is 1. The highest BCUT2D eigenvalue weighted by atomic mass is 32.2. The predicted molar refractivity (Wildman–Crippen MR) is 77.8 cm³/mol. The Bertz CT molecular complexity index is 956. The fraction of sp³-hybridized carbons (Fsp3) is 0.0769. The van der Waals surface area contributed by atoms with E-state index < -0.39 is 15.4 Å². The highest BCUT2D eigenvalue weighted by Gasteiger charge is 2.23. The minimum Gasteiger partial charge on any atom is -0.497 e. The van der Waals surface area contributed by atoms with Gasteiger partial charge in [-0.05, 0) is 24.3 Å². The Hall–Kier alpha value is -2.19. The first-order valence-corrected chi connectivity index (χ1v) is 8.24. The lowest BCUT2D eigenvalue weighted by Crippen LogP contribution is -2.21. The van der Waals surface area contributed by atoms with Crippen LogP contribution >= 0.6 is 11.3 Å². The van der Waals surface area contributed by atoms with Crippen LogP contribution in [0.5, 0.6) is 5.75 Å². The maximum absolute atomic E-state index is 12.5. The molecule has 21 heavy (non-hydrogen) atoms. The zero-order valence-electron chi connectivity index (χ0n) is 10.9. The van der Waals surface area contributed by atoms with Crippen molar-refractivity contribution >= 4 is 26.1 Å². The van der Waals surface area contributed by atoms with Crippen molar-refractivity contribution < 1.29 is 13.2 Å². The maximum Gasteiger partial charge on any atom is 0.277 e. The van der Waals surface area contributed by atoms with Crippen LogP contribution in [0.25, 0.3) is 4.96 Å². The Kier molecular flexibility index (Phi) is 3.26. The molecular weight excluding hydrogens is 312 g/mol. The standard InChI is InChI=1S/C13H10N2O4S2/c1-19-9-2-4-10(5-3-9)21(17,18)11-8-14-13-15(12(11)16)6-7-20-13/h2-8H,1H3. The zero-order chi connectivity index (χ0) is 15.0. The Morgan fingerprint density at radius 1 is 1.24 bits per heavy atom. The third kappa shape index (κ3) is 2.22. The summed E-state index contributed by atoms with van der Waals surface area (Å²) >= 11 is 1.26. The topological polar surface area (TPSA) is 77.7 Å². The van der Waals surface area contributed by atoms with Crippen LogP contribution in [-0.4, -0.2) is 24.9 Å². The number of hydrogen-bond donors (Lipinski definition) is 0. The lowest BCUT2D eigenvalue weighted by atomic mass is 10.3. The lowest BCUT2D eigenvalue weighted by molar-refractivity contribution is 0.414. The van der Waals surface area contributed by atoms with Gasteiger partial charge in [0.1, 0.15) is 5.75 Å². The van der Waals surface area contributed by atoms with E-state index in [0.717, 1.165) is 6.20 Å². The van der Waals surface area contributed by atoms with Crippen LogP contribution in [0.1, 0.15) is 0 Å². The van der Waals surface area contributed by atoms with Gasteiger partial charge in [0.15, 0.2) is 9.86 Å². The summed E-state index contributed by atoms with van der Waals surface area (Å²) in [5, 5.41) is 1.67. The first-order chi connectivity index (χ1) is 10.0. The molecule has 0 saturated carbocycles. The largest absolute Gasteiger partial charge is 0.497 e. The summed E-state index contributed by atoms with van der Waals surface area (Å²) in [6.07, 6.45) is 2.61. The van der Waals surface area contributed by atoms with Gasteiger partial charge in [0.25, 0.3) is 5.56 Å². The van der Waals surface area contributed by atoms with Crippen molar-refractivity contribution in [2.45, 2.75) is 9.79 Å². The highest BCUT2D eigenvalue weighted by molar-refractivity contribution is 7.91. The molecule has 0 saturated heterocycles. The second kappa shape index (κ2) is 4.97. The Balaban J connectivity index is 2.19. The van der Waals surface area contributed by atoms with Gasteiger partial charge in [-0.15, -0.1) is 11.3 Å². The molecule has 0 N–H and O–H groups in total. The van der Waals surface area contributed by atoms with E-state index in [-0.39, 0.29) is 9.79 Å². The average Bonchev–Trinajstić information content (AvgIpc) is 2.97. The van der Waals surface area contributed by atoms with Crippen molar-refractivity contribution in [2.24, 2.45) is 0 Å². The minimum absolute atomic E-state index is 0.0254. The molecule has 0 aliphatic heterocycles. The van der Waals surface area contributed by atoms with Gasteiger partial charge >= 0.3 is 0 Å². The lowest BCUT2D eigenvalue weighted by Gasteiger charge is -2.05.